The number of aryl methyl sites for hydroxylation is 1. The van der Waals surface area contributed by atoms with Crippen LogP contribution < -0.4 is 4.74 Å². The van der Waals surface area contributed by atoms with E-state index >= 15 is 0 Å². The molecule has 0 saturated carbocycles. The van der Waals surface area contributed by atoms with E-state index in [0.29, 0.717) is 17.9 Å². The number of hydrogen-bond acceptors (Lipinski definition) is 2. The van der Waals surface area contributed by atoms with Crippen molar-refractivity contribution in [3.63, 3.8) is 0 Å². The molecule has 0 radical (unpaired) electrons. The molecule has 1 amide bonds. The second-order valence-electron chi connectivity index (χ2n) is 4.34. The molecule has 1 aliphatic rings. The van der Waals surface area contributed by atoms with Crippen molar-refractivity contribution < 1.29 is 9.53 Å². The zero-order valence-corrected chi connectivity index (χ0v) is 10.8. The Labute approximate surface area is 106 Å². The fourth-order valence-corrected chi connectivity index (χ4v) is 2.33. The molecule has 4 heteroatoms. The third-order valence-corrected chi connectivity index (χ3v) is 3.36. The quantitative estimate of drug-likeness (QED) is 0.758. The summed E-state index contributed by atoms with van der Waals surface area (Å²) in [6.07, 6.45) is 0.863. The van der Waals surface area contributed by atoms with Crippen molar-refractivity contribution in [3.8, 4) is 5.75 Å². The number of likely N-dealkylation sites (tertiary alicyclic amines) is 1. The number of methoxy groups -OCH3 is 1. The molecule has 0 N–H and O–H groups in total. The lowest BCUT2D eigenvalue weighted by Gasteiger charge is -2.17. The Balaban J connectivity index is 2.26. The molecule has 1 unspecified atom stereocenters. The van der Waals surface area contributed by atoms with Crippen molar-refractivity contribution in [2.24, 2.45) is 0 Å². The van der Waals surface area contributed by atoms with Gasteiger partial charge in [0, 0.05) is 13.1 Å². The van der Waals surface area contributed by atoms with Crippen molar-refractivity contribution in [1.29, 1.82) is 0 Å². The Hall–Kier alpha value is -1.22. The minimum atomic E-state index is 0.00806. The highest BCUT2D eigenvalue weighted by molar-refractivity contribution is 6.21. The number of carbonyl (C=O) groups excluding carboxylic acids is 1. The van der Waals surface area contributed by atoms with E-state index in [1.807, 2.05) is 25.1 Å². The van der Waals surface area contributed by atoms with Crippen LogP contribution in [0.5, 0.6) is 5.75 Å². The zero-order chi connectivity index (χ0) is 12.4. The molecule has 2 rings (SSSR count). The first-order valence-electron chi connectivity index (χ1n) is 5.70. The van der Waals surface area contributed by atoms with Crippen LogP contribution in [0.15, 0.2) is 18.2 Å². The second-order valence-corrected chi connectivity index (χ2v) is 4.96. The number of alkyl halides is 1. The van der Waals surface area contributed by atoms with Crippen LogP contribution in [0.3, 0.4) is 0 Å². The average molecular weight is 254 g/mol. The van der Waals surface area contributed by atoms with E-state index in [9.17, 15) is 4.79 Å². The first kappa shape index (κ1) is 12.2. The molecule has 92 valence electrons. The van der Waals surface area contributed by atoms with Crippen molar-refractivity contribution in [2.45, 2.75) is 18.7 Å². The Morgan fingerprint density at radius 3 is 2.88 bits per heavy atom. The van der Waals surface area contributed by atoms with Gasteiger partial charge in [-0.2, -0.15) is 0 Å². The normalized spacial score (nSPS) is 19.5. The molecular formula is C13H16ClNO2. The number of carbonyl (C=O) groups is 1. The second kappa shape index (κ2) is 4.96. The van der Waals surface area contributed by atoms with Gasteiger partial charge in [-0.25, -0.2) is 0 Å². The number of amides is 1. The lowest BCUT2D eigenvalue weighted by molar-refractivity contribution is 0.0789. The molecule has 0 aromatic heterocycles. The first-order valence-corrected chi connectivity index (χ1v) is 6.13. The van der Waals surface area contributed by atoms with Crippen LogP contribution >= 0.6 is 11.6 Å². The van der Waals surface area contributed by atoms with Crippen LogP contribution in [0.25, 0.3) is 0 Å². The summed E-state index contributed by atoms with van der Waals surface area (Å²) < 4.78 is 5.23. The fourth-order valence-electron chi connectivity index (χ4n) is 2.06. The molecule has 0 spiro atoms. The highest BCUT2D eigenvalue weighted by atomic mass is 35.5. The maximum absolute atomic E-state index is 12.3. The van der Waals surface area contributed by atoms with E-state index in [1.54, 1.807) is 12.0 Å². The molecule has 0 aliphatic carbocycles. The van der Waals surface area contributed by atoms with Gasteiger partial charge >= 0.3 is 0 Å². The molecule has 1 aromatic rings. The summed E-state index contributed by atoms with van der Waals surface area (Å²) in [5.41, 5.74) is 1.68. The molecule has 17 heavy (non-hydrogen) atoms. The van der Waals surface area contributed by atoms with Crippen LogP contribution in [-0.2, 0) is 0 Å². The molecule has 1 fully saturated rings. The number of rotatable bonds is 2. The maximum Gasteiger partial charge on any atom is 0.257 e. The number of ether oxygens (including phenoxy) is 1. The number of nitrogens with zero attached hydrogens (tertiary/aromatic N) is 1. The van der Waals surface area contributed by atoms with E-state index < -0.39 is 0 Å². The summed E-state index contributed by atoms with van der Waals surface area (Å²) >= 11 is 6.02. The molecular weight excluding hydrogens is 238 g/mol. The molecule has 1 atom stereocenters. The Kier molecular flexibility index (Phi) is 3.57. The van der Waals surface area contributed by atoms with Gasteiger partial charge in [-0.3, -0.25) is 4.79 Å². The topological polar surface area (TPSA) is 29.5 Å². The van der Waals surface area contributed by atoms with Crippen LogP contribution in [0.1, 0.15) is 22.3 Å². The van der Waals surface area contributed by atoms with Crippen molar-refractivity contribution >= 4 is 17.5 Å². The zero-order valence-electron chi connectivity index (χ0n) is 10.1. The van der Waals surface area contributed by atoms with E-state index in [4.69, 9.17) is 16.3 Å². The van der Waals surface area contributed by atoms with Gasteiger partial charge in [0.2, 0.25) is 0 Å². The summed E-state index contributed by atoms with van der Waals surface area (Å²) in [5.74, 6) is 0.632. The lowest BCUT2D eigenvalue weighted by atomic mass is 10.1. The SMILES string of the molecule is COc1ccc(C)cc1C(=O)N1CCC(Cl)C1. The smallest absolute Gasteiger partial charge is 0.257 e. The minimum absolute atomic E-state index is 0.00806. The Morgan fingerprint density at radius 1 is 1.53 bits per heavy atom. The number of benzene rings is 1. The van der Waals surface area contributed by atoms with Gasteiger partial charge in [0.15, 0.2) is 0 Å². The third-order valence-electron chi connectivity index (χ3n) is 3.00. The van der Waals surface area contributed by atoms with Crippen molar-refractivity contribution in [3.05, 3.63) is 29.3 Å². The molecule has 1 aromatic carbocycles. The van der Waals surface area contributed by atoms with Crippen LogP contribution in [0, 0.1) is 6.92 Å². The molecule has 1 saturated heterocycles. The fraction of sp³-hybridized carbons (Fsp3) is 0.462. The van der Waals surface area contributed by atoms with Crippen LogP contribution in [-0.4, -0.2) is 36.4 Å². The molecule has 3 nitrogen and oxygen atoms in total. The van der Waals surface area contributed by atoms with Gasteiger partial charge in [-0.15, -0.1) is 11.6 Å². The minimum Gasteiger partial charge on any atom is -0.496 e. The maximum atomic E-state index is 12.3. The van der Waals surface area contributed by atoms with Gasteiger partial charge in [0.05, 0.1) is 18.1 Å². The summed E-state index contributed by atoms with van der Waals surface area (Å²) in [6.45, 7) is 3.31. The van der Waals surface area contributed by atoms with Crippen LogP contribution in [0.2, 0.25) is 0 Å². The van der Waals surface area contributed by atoms with Gasteiger partial charge in [-0.05, 0) is 25.5 Å². The van der Waals surface area contributed by atoms with Gasteiger partial charge < -0.3 is 9.64 Å². The summed E-state index contributed by atoms with van der Waals surface area (Å²) in [7, 11) is 1.58. The monoisotopic (exact) mass is 253 g/mol. The third kappa shape index (κ3) is 2.55. The standard InChI is InChI=1S/C13H16ClNO2/c1-9-3-4-12(17-2)11(7-9)13(16)15-6-5-10(14)8-15/h3-4,7,10H,5-6,8H2,1-2H3. The van der Waals surface area contributed by atoms with E-state index in [-0.39, 0.29) is 11.3 Å². The van der Waals surface area contributed by atoms with Gasteiger partial charge in [-0.1, -0.05) is 11.6 Å². The predicted molar refractivity (Wildman–Crippen MR) is 67.9 cm³/mol. The predicted octanol–water partition coefficient (Wildman–Crippen LogP) is 2.46. The number of halogens is 1. The molecule has 0 bridgehead atoms. The average Bonchev–Trinajstić information content (AvgIpc) is 2.75. The number of hydrogen-bond donors (Lipinski definition) is 0. The lowest BCUT2D eigenvalue weighted by Crippen LogP contribution is -2.29. The van der Waals surface area contributed by atoms with Crippen LogP contribution in [0.4, 0.5) is 0 Å². The molecule has 1 heterocycles. The summed E-state index contributed by atoms with van der Waals surface area (Å²) in [5, 5.41) is 0.0785. The van der Waals surface area contributed by atoms with E-state index in [2.05, 4.69) is 0 Å². The Bertz CT molecular complexity index is 433. The van der Waals surface area contributed by atoms with Gasteiger partial charge in [0.1, 0.15) is 5.75 Å². The van der Waals surface area contributed by atoms with Crippen molar-refractivity contribution in [2.75, 3.05) is 20.2 Å². The Morgan fingerprint density at radius 2 is 2.29 bits per heavy atom. The highest BCUT2D eigenvalue weighted by Crippen LogP contribution is 2.24. The van der Waals surface area contributed by atoms with Gasteiger partial charge in [0.25, 0.3) is 5.91 Å². The van der Waals surface area contributed by atoms with E-state index in [0.717, 1.165) is 18.5 Å². The van der Waals surface area contributed by atoms with Crippen molar-refractivity contribution in [1.82, 2.24) is 4.90 Å². The highest BCUT2D eigenvalue weighted by Gasteiger charge is 2.27. The molecule has 1 aliphatic heterocycles. The summed E-state index contributed by atoms with van der Waals surface area (Å²) in [6, 6.07) is 5.63. The first-order chi connectivity index (χ1) is 8.11. The largest absolute Gasteiger partial charge is 0.496 e. The summed E-state index contributed by atoms with van der Waals surface area (Å²) in [4.78, 5) is 14.1. The van der Waals surface area contributed by atoms with E-state index in [1.165, 1.54) is 0 Å².